The van der Waals surface area contributed by atoms with Crippen LogP contribution in [0.25, 0.3) is 10.9 Å². The largest absolute Gasteiger partial charge is 0.397 e. The van der Waals surface area contributed by atoms with Crippen molar-refractivity contribution in [2.75, 3.05) is 23.9 Å². The van der Waals surface area contributed by atoms with Gasteiger partial charge in [0.15, 0.2) is 0 Å². The normalized spacial score (nSPS) is 14.3. The summed E-state index contributed by atoms with van der Waals surface area (Å²) in [6, 6.07) is 7.87. The van der Waals surface area contributed by atoms with Gasteiger partial charge in [0.1, 0.15) is 0 Å². The average Bonchev–Trinajstić information content (AvgIpc) is 2.41. The van der Waals surface area contributed by atoms with Crippen molar-refractivity contribution in [3.63, 3.8) is 0 Å². The van der Waals surface area contributed by atoms with E-state index in [4.69, 9.17) is 5.73 Å². The van der Waals surface area contributed by atoms with Crippen LogP contribution in [0.3, 0.4) is 0 Å². The molecule has 2 atom stereocenters. The number of nitrogens with zero attached hydrogens (tertiary/aromatic N) is 1. The maximum Gasteiger partial charge on any atom is 0.0951 e. The number of aliphatic hydroxyl groups excluding tert-OH is 1. The topological polar surface area (TPSA) is 71.2 Å². The Hall–Kier alpha value is -1.46. The van der Waals surface area contributed by atoms with Gasteiger partial charge in [-0.1, -0.05) is 12.1 Å². The van der Waals surface area contributed by atoms with Gasteiger partial charge in [0.2, 0.25) is 0 Å². The summed E-state index contributed by atoms with van der Waals surface area (Å²) in [6.45, 7) is 2.22. The van der Waals surface area contributed by atoms with E-state index in [9.17, 15) is 5.11 Å². The molecule has 0 amide bonds. The zero-order valence-corrected chi connectivity index (χ0v) is 11.9. The van der Waals surface area contributed by atoms with Crippen LogP contribution in [0.5, 0.6) is 0 Å². The number of pyridine rings is 1. The van der Waals surface area contributed by atoms with Gasteiger partial charge in [-0.25, -0.2) is 0 Å². The van der Waals surface area contributed by atoms with Crippen molar-refractivity contribution in [3.05, 3.63) is 30.5 Å². The summed E-state index contributed by atoms with van der Waals surface area (Å²) >= 11 is 1.65. The first-order chi connectivity index (χ1) is 9.17. The zero-order chi connectivity index (χ0) is 13.8. The van der Waals surface area contributed by atoms with Gasteiger partial charge in [0.25, 0.3) is 0 Å². The third kappa shape index (κ3) is 2.93. The third-order valence-corrected chi connectivity index (χ3v) is 4.39. The highest BCUT2D eigenvalue weighted by Crippen LogP contribution is 2.27. The molecule has 1 heterocycles. The fraction of sp³-hybridized carbons (Fsp3) is 0.357. The highest BCUT2D eigenvalue weighted by molar-refractivity contribution is 7.99. The van der Waals surface area contributed by atoms with Crippen molar-refractivity contribution in [1.29, 1.82) is 0 Å². The molecule has 0 fully saturated rings. The van der Waals surface area contributed by atoms with Crippen LogP contribution in [0, 0.1) is 0 Å². The van der Waals surface area contributed by atoms with E-state index in [-0.39, 0.29) is 17.9 Å². The van der Waals surface area contributed by atoms with Crippen LogP contribution in [-0.2, 0) is 0 Å². The minimum Gasteiger partial charge on any atom is -0.397 e. The molecule has 0 saturated heterocycles. The number of aliphatic hydroxyl groups is 1. The smallest absolute Gasteiger partial charge is 0.0951 e. The van der Waals surface area contributed by atoms with Crippen molar-refractivity contribution in [2.24, 2.45) is 0 Å². The molecule has 2 unspecified atom stereocenters. The minimum atomic E-state index is 0.153. The van der Waals surface area contributed by atoms with Crippen molar-refractivity contribution in [1.82, 2.24) is 4.98 Å². The Balaban J connectivity index is 2.33. The Morgan fingerprint density at radius 1 is 1.42 bits per heavy atom. The van der Waals surface area contributed by atoms with Crippen LogP contribution in [0.4, 0.5) is 11.4 Å². The van der Waals surface area contributed by atoms with Gasteiger partial charge in [-0.3, -0.25) is 4.98 Å². The number of nitrogen functional groups attached to an aromatic ring is 1. The summed E-state index contributed by atoms with van der Waals surface area (Å²) in [5, 5.41) is 13.9. The predicted molar refractivity (Wildman–Crippen MR) is 83.6 cm³/mol. The van der Waals surface area contributed by atoms with E-state index in [1.54, 1.807) is 18.0 Å². The summed E-state index contributed by atoms with van der Waals surface area (Å²) in [5.41, 5.74) is 8.42. The van der Waals surface area contributed by atoms with Gasteiger partial charge >= 0.3 is 0 Å². The van der Waals surface area contributed by atoms with Gasteiger partial charge in [0.05, 0.1) is 17.8 Å². The molecule has 0 spiro atoms. The van der Waals surface area contributed by atoms with Gasteiger partial charge < -0.3 is 16.2 Å². The highest BCUT2D eigenvalue weighted by Gasteiger charge is 2.16. The number of nitrogens with two attached hydrogens (primary N) is 1. The molecule has 1 aromatic heterocycles. The number of anilines is 2. The molecular weight excluding hydrogens is 258 g/mol. The van der Waals surface area contributed by atoms with E-state index in [2.05, 4.69) is 17.2 Å². The molecule has 19 heavy (non-hydrogen) atoms. The lowest BCUT2D eigenvalue weighted by atomic mass is 10.1. The number of benzene rings is 1. The number of fused-ring (bicyclic) bond motifs is 1. The first-order valence-electron chi connectivity index (χ1n) is 6.20. The monoisotopic (exact) mass is 277 g/mol. The number of para-hydroxylation sites is 1. The molecule has 5 heteroatoms. The lowest BCUT2D eigenvalue weighted by Crippen LogP contribution is -2.31. The lowest BCUT2D eigenvalue weighted by molar-refractivity contribution is 0.288. The van der Waals surface area contributed by atoms with E-state index >= 15 is 0 Å². The molecule has 2 rings (SSSR count). The minimum absolute atomic E-state index is 0.153. The molecule has 2 aromatic rings. The molecule has 0 radical (unpaired) electrons. The van der Waals surface area contributed by atoms with E-state index in [1.165, 1.54) is 0 Å². The van der Waals surface area contributed by atoms with Gasteiger partial charge in [-0.15, -0.1) is 0 Å². The molecule has 0 aliphatic carbocycles. The van der Waals surface area contributed by atoms with Crippen LogP contribution in [0.1, 0.15) is 6.92 Å². The highest BCUT2D eigenvalue weighted by atomic mass is 32.2. The lowest BCUT2D eigenvalue weighted by Gasteiger charge is -2.23. The second-order valence-corrected chi connectivity index (χ2v) is 5.57. The SMILES string of the molecule is CSC(CO)C(C)Nc1ccnc2c(N)cccc12. The molecule has 4 N–H and O–H groups in total. The van der Waals surface area contributed by atoms with Crippen LogP contribution >= 0.6 is 11.8 Å². The zero-order valence-electron chi connectivity index (χ0n) is 11.1. The number of hydrogen-bond acceptors (Lipinski definition) is 5. The second-order valence-electron chi connectivity index (χ2n) is 4.49. The molecule has 1 aromatic carbocycles. The molecular formula is C14H19N3OS. The summed E-state index contributed by atoms with van der Waals surface area (Å²) in [6.07, 6.45) is 3.75. The van der Waals surface area contributed by atoms with Crippen LogP contribution in [-0.4, -0.2) is 34.2 Å². The predicted octanol–water partition coefficient (Wildman–Crippen LogP) is 2.34. The van der Waals surface area contributed by atoms with Crippen molar-refractivity contribution < 1.29 is 5.11 Å². The summed E-state index contributed by atoms with van der Waals surface area (Å²) in [7, 11) is 0. The number of nitrogens with one attached hydrogen (secondary N) is 1. The van der Waals surface area contributed by atoms with E-state index in [1.807, 2.05) is 30.5 Å². The number of aromatic nitrogens is 1. The average molecular weight is 277 g/mol. The Kier molecular flexibility index (Phi) is 4.50. The number of thioether (sulfide) groups is 1. The summed E-state index contributed by atoms with van der Waals surface area (Å²) in [5.74, 6) is 0. The van der Waals surface area contributed by atoms with E-state index in [0.29, 0.717) is 5.69 Å². The number of hydrogen-bond donors (Lipinski definition) is 3. The van der Waals surface area contributed by atoms with Gasteiger partial charge in [-0.2, -0.15) is 11.8 Å². The summed E-state index contributed by atoms with van der Waals surface area (Å²) < 4.78 is 0. The second kappa shape index (κ2) is 6.12. The van der Waals surface area contributed by atoms with E-state index in [0.717, 1.165) is 16.6 Å². The quantitative estimate of drug-likeness (QED) is 0.732. The van der Waals surface area contributed by atoms with Crippen LogP contribution in [0.2, 0.25) is 0 Å². The standard InChI is InChI=1S/C14H19N3OS/c1-9(13(8-18)19-2)17-12-6-7-16-14-10(12)4-3-5-11(14)15/h3-7,9,13,18H,8,15H2,1-2H3,(H,16,17). The first-order valence-corrected chi connectivity index (χ1v) is 7.49. The maximum absolute atomic E-state index is 9.34. The molecule has 0 bridgehead atoms. The fourth-order valence-corrected chi connectivity index (χ4v) is 2.73. The first kappa shape index (κ1) is 14.0. The Morgan fingerprint density at radius 2 is 2.21 bits per heavy atom. The van der Waals surface area contributed by atoms with Gasteiger partial charge in [0, 0.05) is 28.6 Å². The molecule has 0 aliphatic rings. The Bertz CT molecular complexity index is 557. The summed E-state index contributed by atoms with van der Waals surface area (Å²) in [4.78, 5) is 4.31. The molecule has 0 aliphatic heterocycles. The van der Waals surface area contributed by atoms with Crippen LogP contribution < -0.4 is 11.1 Å². The maximum atomic E-state index is 9.34. The Labute approximate surface area is 117 Å². The fourth-order valence-electron chi connectivity index (χ4n) is 2.10. The molecule has 102 valence electrons. The van der Waals surface area contributed by atoms with E-state index < -0.39 is 0 Å². The van der Waals surface area contributed by atoms with Crippen LogP contribution in [0.15, 0.2) is 30.5 Å². The van der Waals surface area contributed by atoms with Crippen molar-refractivity contribution in [3.8, 4) is 0 Å². The molecule has 0 saturated carbocycles. The van der Waals surface area contributed by atoms with Crippen molar-refractivity contribution in [2.45, 2.75) is 18.2 Å². The number of rotatable bonds is 5. The third-order valence-electron chi connectivity index (χ3n) is 3.23. The van der Waals surface area contributed by atoms with Gasteiger partial charge in [-0.05, 0) is 25.3 Å². The molecule has 4 nitrogen and oxygen atoms in total. The Morgan fingerprint density at radius 3 is 2.89 bits per heavy atom. The van der Waals surface area contributed by atoms with Crippen molar-refractivity contribution >= 4 is 34.0 Å².